The van der Waals surface area contributed by atoms with Crippen LogP contribution in [0.15, 0.2) is 44.4 Å². The highest BCUT2D eigenvalue weighted by Crippen LogP contribution is 2.32. The normalized spacial score (nSPS) is 11.4. The second kappa shape index (κ2) is 6.80. The summed E-state index contributed by atoms with van der Waals surface area (Å²) in [4.78, 5) is 25.0. The number of thioether (sulfide) groups is 1. The van der Waals surface area contributed by atoms with Crippen molar-refractivity contribution < 1.29 is 19.1 Å². The molecular formula is C19H18O5S. The lowest BCUT2D eigenvalue weighted by Crippen LogP contribution is -2.08. The standard InChI is InChI=1S/C19H18O5S/c1-10(2)9-23-16-8-12(25-3)7-14-17(20)13-6-11(19(21)22)4-5-15(13)24-18(14)16/h4-8,10H,9H2,1-3H3,(H,21,22). The monoisotopic (exact) mass is 358 g/mol. The first-order valence-electron chi connectivity index (χ1n) is 7.85. The van der Waals surface area contributed by atoms with Crippen molar-refractivity contribution >= 4 is 39.7 Å². The number of carboxylic acid groups (broad SMARTS) is 1. The first kappa shape index (κ1) is 17.4. The molecule has 3 rings (SSSR count). The quantitative estimate of drug-likeness (QED) is 0.538. The van der Waals surface area contributed by atoms with Crippen molar-refractivity contribution in [2.75, 3.05) is 12.9 Å². The number of carbonyl (C=O) groups is 1. The van der Waals surface area contributed by atoms with Crippen LogP contribution in [-0.2, 0) is 0 Å². The summed E-state index contributed by atoms with van der Waals surface area (Å²) in [7, 11) is 0. The summed E-state index contributed by atoms with van der Waals surface area (Å²) in [5.41, 5.74) is 0.522. The van der Waals surface area contributed by atoms with Crippen molar-refractivity contribution in [3.63, 3.8) is 0 Å². The van der Waals surface area contributed by atoms with E-state index >= 15 is 0 Å². The zero-order valence-electron chi connectivity index (χ0n) is 14.2. The van der Waals surface area contributed by atoms with Crippen LogP contribution in [0.25, 0.3) is 21.9 Å². The minimum atomic E-state index is -1.08. The maximum absolute atomic E-state index is 12.9. The Hall–Kier alpha value is -2.47. The number of hydrogen-bond acceptors (Lipinski definition) is 5. The molecular weight excluding hydrogens is 340 g/mol. The number of benzene rings is 2. The Morgan fingerprint density at radius 3 is 2.64 bits per heavy atom. The van der Waals surface area contributed by atoms with E-state index < -0.39 is 5.97 Å². The van der Waals surface area contributed by atoms with Gasteiger partial charge in [-0.3, -0.25) is 4.79 Å². The van der Waals surface area contributed by atoms with Crippen LogP contribution in [0.1, 0.15) is 24.2 Å². The summed E-state index contributed by atoms with van der Waals surface area (Å²) in [6.45, 7) is 4.59. The van der Waals surface area contributed by atoms with E-state index in [1.54, 1.807) is 6.07 Å². The summed E-state index contributed by atoms with van der Waals surface area (Å²) in [5.74, 6) is -0.227. The number of hydrogen-bond donors (Lipinski definition) is 1. The van der Waals surface area contributed by atoms with Crippen LogP contribution in [0.5, 0.6) is 5.75 Å². The third-order valence-electron chi connectivity index (χ3n) is 3.76. The van der Waals surface area contributed by atoms with Gasteiger partial charge in [-0.15, -0.1) is 11.8 Å². The van der Waals surface area contributed by atoms with Crippen LogP contribution in [0.3, 0.4) is 0 Å². The van der Waals surface area contributed by atoms with E-state index in [2.05, 4.69) is 0 Å². The molecule has 130 valence electrons. The third-order valence-corrected chi connectivity index (χ3v) is 4.47. The Labute approximate surface area is 148 Å². The van der Waals surface area contributed by atoms with Crippen LogP contribution >= 0.6 is 11.8 Å². The molecule has 2 aromatic carbocycles. The Kier molecular flexibility index (Phi) is 4.72. The van der Waals surface area contributed by atoms with Gasteiger partial charge < -0.3 is 14.3 Å². The molecule has 0 aliphatic heterocycles. The first-order chi connectivity index (χ1) is 11.9. The molecule has 0 spiro atoms. The molecule has 3 aromatic rings. The average molecular weight is 358 g/mol. The third kappa shape index (κ3) is 3.35. The maximum atomic E-state index is 12.9. The first-order valence-corrected chi connectivity index (χ1v) is 9.08. The molecule has 0 unspecified atom stereocenters. The fraction of sp³-hybridized carbons (Fsp3) is 0.263. The van der Waals surface area contributed by atoms with E-state index in [0.717, 1.165) is 4.90 Å². The smallest absolute Gasteiger partial charge is 0.335 e. The van der Waals surface area contributed by atoms with Crippen molar-refractivity contribution in [3.8, 4) is 5.75 Å². The van der Waals surface area contributed by atoms with Gasteiger partial charge in [0.1, 0.15) is 5.58 Å². The SMILES string of the molecule is CSc1cc(OCC(C)C)c2oc3ccc(C(=O)O)cc3c(=O)c2c1. The van der Waals surface area contributed by atoms with Gasteiger partial charge in [-0.2, -0.15) is 0 Å². The highest BCUT2D eigenvalue weighted by Gasteiger charge is 2.16. The molecule has 0 fully saturated rings. The Balaban J connectivity index is 2.31. The Bertz CT molecular complexity index is 1020. The molecule has 6 heteroatoms. The van der Waals surface area contributed by atoms with Crippen LogP contribution in [-0.4, -0.2) is 23.9 Å². The lowest BCUT2D eigenvalue weighted by molar-refractivity contribution is 0.0697. The minimum absolute atomic E-state index is 0.0523. The fourth-order valence-corrected chi connectivity index (χ4v) is 2.98. The van der Waals surface area contributed by atoms with E-state index in [1.165, 1.54) is 30.0 Å². The summed E-state index contributed by atoms with van der Waals surface area (Å²) < 4.78 is 11.7. The highest BCUT2D eigenvalue weighted by molar-refractivity contribution is 7.98. The molecule has 0 saturated carbocycles. The summed E-state index contributed by atoms with van der Waals surface area (Å²) in [5, 5.41) is 9.78. The molecule has 0 aliphatic carbocycles. The largest absolute Gasteiger partial charge is 0.489 e. The number of aromatic carboxylic acids is 1. The molecule has 0 aliphatic rings. The predicted molar refractivity (Wildman–Crippen MR) is 99.1 cm³/mol. The molecule has 1 N–H and O–H groups in total. The van der Waals surface area contributed by atoms with Gasteiger partial charge in [0, 0.05) is 4.90 Å². The van der Waals surface area contributed by atoms with Gasteiger partial charge in [0.25, 0.3) is 0 Å². The van der Waals surface area contributed by atoms with E-state index in [1.807, 2.05) is 26.2 Å². The second-order valence-corrected chi connectivity index (χ2v) is 7.03. The minimum Gasteiger partial charge on any atom is -0.489 e. The molecule has 0 saturated heterocycles. The van der Waals surface area contributed by atoms with E-state index in [4.69, 9.17) is 14.3 Å². The van der Waals surface area contributed by atoms with Crippen molar-refractivity contribution in [1.82, 2.24) is 0 Å². The van der Waals surface area contributed by atoms with Gasteiger partial charge in [0.2, 0.25) is 5.43 Å². The van der Waals surface area contributed by atoms with Gasteiger partial charge in [0.15, 0.2) is 11.3 Å². The zero-order valence-corrected chi connectivity index (χ0v) is 15.0. The molecule has 0 atom stereocenters. The lowest BCUT2D eigenvalue weighted by atomic mass is 10.1. The van der Waals surface area contributed by atoms with Crippen LogP contribution in [0.2, 0.25) is 0 Å². The molecule has 5 nitrogen and oxygen atoms in total. The average Bonchev–Trinajstić information content (AvgIpc) is 2.59. The van der Waals surface area contributed by atoms with Gasteiger partial charge in [-0.25, -0.2) is 4.79 Å². The molecule has 0 radical (unpaired) electrons. The van der Waals surface area contributed by atoms with Crippen molar-refractivity contribution in [1.29, 1.82) is 0 Å². The van der Waals surface area contributed by atoms with Crippen molar-refractivity contribution in [2.24, 2.45) is 5.92 Å². The van der Waals surface area contributed by atoms with Crippen LogP contribution in [0.4, 0.5) is 0 Å². The lowest BCUT2D eigenvalue weighted by Gasteiger charge is -2.12. The van der Waals surface area contributed by atoms with Crippen molar-refractivity contribution in [2.45, 2.75) is 18.7 Å². The fourth-order valence-electron chi connectivity index (χ4n) is 2.52. The summed E-state index contributed by atoms with van der Waals surface area (Å²) in [6, 6.07) is 7.89. The van der Waals surface area contributed by atoms with Gasteiger partial charge in [-0.05, 0) is 42.5 Å². The Morgan fingerprint density at radius 2 is 2.00 bits per heavy atom. The topological polar surface area (TPSA) is 76.7 Å². The summed E-state index contributed by atoms with van der Waals surface area (Å²) in [6.07, 6.45) is 1.92. The van der Waals surface area contributed by atoms with Crippen LogP contribution < -0.4 is 10.2 Å². The number of ether oxygens (including phenoxy) is 1. The molecule has 1 heterocycles. The van der Waals surface area contributed by atoms with Crippen LogP contribution in [0, 0.1) is 5.92 Å². The molecule has 1 aromatic heterocycles. The van der Waals surface area contributed by atoms with E-state index in [0.29, 0.717) is 34.8 Å². The Morgan fingerprint density at radius 1 is 1.24 bits per heavy atom. The van der Waals surface area contributed by atoms with E-state index in [9.17, 15) is 9.59 Å². The molecule has 0 bridgehead atoms. The van der Waals surface area contributed by atoms with Gasteiger partial charge >= 0.3 is 5.97 Å². The number of rotatable bonds is 5. The second-order valence-electron chi connectivity index (χ2n) is 6.15. The highest BCUT2D eigenvalue weighted by atomic mass is 32.2. The zero-order chi connectivity index (χ0) is 18.1. The van der Waals surface area contributed by atoms with E-state index in [-0.39, 0.29) is 16.4 Å². The molecule has 0 amide bonds. The molecule has 25 heavy (non-hydrogen) atoms. The predicted octanol–water partition coefficient (Wildman–Crippen LogP) is 4.40. The maximum Gasteiger partial charge on any atom is 0.335 e. The van der Waals surface area contributed by atoms with Crippen molar-refractivity contribution in [3.05, 3.63) is 46.1 Å². The summed E-state index contributed by atoms with van der Waals surface area (Å²) >= 11 is 1.50. The van der Waals surface area contributed by atoms with Gasteiger partial charge in [-0.1, -0.05) is 13.8 Å². The number of carboxylic acids is 1. The number of fused-ring (bicyclic) bond motifs is 2. The van der Waals surface area contributed by atoms with Gasteiger partial charge in [0.05, 0.1) is 22.9 Å².